The van der Waals surface area contributed by atoms with E-state index in [0.717, 1.165) is 0 Å². The molecule has 0 aliphatic rings. The number of rotatable bonds is 5. The molecule has 1 aromatic heterocycles. The number of hydrogen-bond acceptors (Lipinski definition) is 5. The molecule has 1 heterocycles. The lowest BCUT2D eigenvalue weighted by molar-refractivity contribution is 0.102. The van der Waals surface area contributed by atoms with E-state index in [1.54, 1.807) is 43.3 Å². The van der Waals surface area contributed by atoms with Crippen LogP contribution in [0.1, 0.15) is 22.1 Å². The molecule has 0 saturated carbocycles. The summed E-state index contributed by atoms with van der Waals surface area (Å²) in [5.41, 5.74) is 0.382. The molecule has 0 atom stereocenters. The normalized spacial score (nSPS) is 10.4. The number of aryl methyl sites for hydroxylation is 1. The van der Waals surface area contributed by atoms with Gasteiger partial charge in [0.2, 0.25) is 11.7 Å². The molecule has 3 rings (SSSR count). The number of halogens is 1. The Hall–Kier alpha value is -3.22. The molecular formula is C17H14FN3O3. The molecule has 3 aromatic rings. The Balaban J connectivity index is 1.75. The molecule has 1 amide bonds. The van der Waals surface area contributed by atoms with Gasteiger partial charge in [-0.2, -0.15) is 4.98 Å². The van der Waals surface area contributed by atoms with E-state index in [2.05, 4.69) is 15.5 Å². The van der Waals surface area contributed by atoms with Gasteiger partial charge in [0.25, 0.3) is 5.91 Å². The molecule has 0 spiro atoms. The average molecular weight is 327 g/mol. The van der Waals surface area contributed by atoms with Crippen molar-refractivity contribution in [3.8, 4) is 5.75 Å². The van der Waals surface area contributed by atoms with Crippen LogP contribution >= 0.6 is 0 Å². The lowest BCUT2D eigenvalue weighted by Gasteiger charge is -2.11. The van der Waals surface area contributed by atoms with Crippen LogP contribution in [0.5, 0.6) is 5.75 Å². The highest BCUT2D eigenvalue weighted by molar-refractivity contribution is 6.06. The highest BCUT2D eigenvalue weighted by Crippen LogP contribution is 2.21. The van der Waals surface area contributed by atoms with Crippen LogP contribution in [0, 0.1) is 12.7 Å². The van der Waals surface area contributed by atoms with Gasteiger partial charge in [0.15, 0.2) is 6.61 Å². The summed E-state index contributed by atoms with van der Waals surface area (Å²) < 4.78 is 24.1. The van der Waals surface area contributed by atoms with Crippen LogP contribution in [0.3, 0.4) is 0 Å². The molecule has 0 fully saturated rings. The Morgan fingerprint density at radius 3 is 2.71 bits per heavy atom. The topological polar surface area (TPSA) is 77.2 Å². The molecule has 0 radical (unpaired) electrons. The summed E-state index contributed by atoms with van der Waals surface area (Å²) in [6.07, 6.45) is 0. The Kier molecular flexibility index (Phi) is 4.51. The third-order valence-electron chi connectivity index (χ3n) is 3.18. The van der Waals surface area contributed by atoms with E-state index >= 15 is 0 Å². The number of nitrogens with one attached hydrogen (secondary N) is 1. The van der Waals surface area contributed by atoms with Gasteiger partial charge in [-0.3, -0.25) is 4.79 Å². The number of carbonyl (C=O) groups excluding carboxylic acids is 1. The van der Waals surface area contributed by atoms with Crippen molar-refractivity contribution in [1.29, 1.82) is 0 Å². The van der Waals surface area contributed by atoms with E-state index in [0.29, 0.717) is 17.5 Å². The molecule has 0 aliphatic carbocycles. The maximum Gasteiger partial charge on any atom is 0.259 e. The van der Waals surface area contributed by atoms with Gasteiger partial charge in [-0.1, -0.05) is 29.4 Å². The summed E-state index contributed by atoms with van der Waals surface area (Å²) >= 11 is 0. The molecule has 0 unspecified atom stereocenters. The number of anilines is 1. The number of carbonyl (C=O) groups is 1. The van der Waals surface area contributed by atoms with Crippen molar-refractivity contribution in [2.24, 2.45) is 0 Å². The first kappa shape index (κ1) is 15.7. The van der Waals surface area contributed by atoms with Crippen molar-refractivity contribution in [2.75, 3.05) is 5.32 Å². The Morgan fingerprint density at radius 2 is 1.96 bits per heavy atom. The molecule has 6 nitrogen and oxygen atoms in total. The summed E-state index contributed by atoms with van der Waals surface area (Å²) in [4.78, 5) is 16.4. The fourth-order valence-electron chi connectivity index (χ4n) is 2.07. The number of aromatic nitrogens is 2. The monoisotopic (exact) mass is 327 g/mol. The highest BCUT2D eigenvalue weighted by Gasteiger charge is 2.14. The average Bonchev–Trinajstić information content (AvgIpc) is 3.01. The van der Waals surface area contributed by atoms with Gasteiger partial charge in [-0.25, -0.2) is 4.39 Å². The molecule has 1 N–H and O–H groups in total. The third-order valence-corrected chi connectivity index (χ3v) is 3.18. The number of ether oxygens (including phenoxy) is 1. The zero-order valence-corrected chi connectivity index (χ0v) is 12.8. The first-order chi connectivity index (χ1) is 11.6. The quantitative estimate of drug-likeness (QED) is 0.777. The number of benzene rings is 2. The van der Waals surface area contributed by atoms with Crippen molar-refractivity contribution in [2.45, 2.75) is 13.5 Å². The molecular weight excluding hydrogens is 313 g/mol. The molecule has 24 heavy (non-hydrogen) atoms. The minimum Gasteiger partial charge on any atom is -0.485 e. The van der Waals surface area contributed by atoms with Crippen molar-refractivity contribution in [1.82, 2.24) is 10.1 Å². The highest BCUT2D eigenvalue weighted by atomic mass is 19.1. The van der Waals surface area contributed by atoms with E-state index in [4.69, 9.17) is 9.26 Å². The molecule has 0 bridgehead atoms. The number of hydrogen-bond donors (Lipinski definition) is 1. The lowest BCUT2D eigenvalue weighted by Crippen LogP contribution is -2.14. The van der Waals surface area contributed by atoms with Crippen LogP contribution in [0.15, 0.2) is 53.1 Å². The summed E-state index contributed by atoms with van der Waals surface area (Å²) in [7, 11) is 0. The maximum absolute atomic E-state index is 13.7. The molecule has 2 aromatic carbocycles. The van der Waals surface area contributed by atoms with Crippen molar-refractivity contribution >= 4 is 11.6 Å². The predicted octanol–water partition coefficient (Wildman–Crippen LogP) is 3.35. The molecule has 122 valence electrons. The van der Waals surface area contributed by atoms with E-state index in [-0.39, 0.29) is 17.9 Å². The smallest absolute Gasteiger partial charge is 0.259 e. The summed E-state index contributed by atoms with van der Waals surface area (Å²) in [5, 5.41) is 6.25. The minimum absolute atomic E-state index is 0.0569. The van der Waals surface area contributed by atoms with Crippen LogP contribution in [-0.2, 0) is 6.61 Å². The fourth-order valence-corrected chi connectivity index (χ4v) is 2.07. The fraction of sp³-hybridized carbons (Fsp3) is 0.118. The standard InChI is InChI=1S/C17H14FN3O3/c1-11-19-16(21-24-11)10-23-15-9-5-2-6-12(15)17(22)20-14-8-4-3-7-13(14)18/h2-9H,10H2,1H3,(H,20,22). The number of amides is 1. The second kappa shape index (κ2) is 6.91. The van der Waals surface area contributed by atoms with Gasteiger partial charge in [0, 0.05) is 6.92 Å². The zero-order chi connectivity index (χ0) is 16.9. The number of para-hydroxylation sites is 2. The minimum atomic E-state index is -0.508. The van der Waals surface area contributed by atoms with Gasteiger partial charge < -0.3 is 14.6 Å². The van der Waals surface area contributed by atoms with E-state index in [9.17, 15) is 9.18 Å². The van der Waals surface area contributed by atoms with Crippen LogP contribution in [-0.4, -0.2) is 16.0 Å². The third kappa shape index (κ3) is 3.57. The van der Waals surface area contributed by atoms with Gasteiger partial charge in [0.1, 0.15) is 11.6 Å². The van der Waals surface area contributed by atoms with Gasteiger partial charge in [0.05, 0.1) is 11.3 Å². The first-order valence-corrected chi connectivity index (χ1v) is 7.20. The first-order valence-electron chi connectivity index (χ1n) is 7.20. The second-order valence-electron chi connectivity index (χ2n) is 4.95. The zero-order valence-electron chi connectivity index (χ0n) is 12.8. The molecule has 7 heteroatoms. The largest absolute Gasteiger partial charge is 0.485 e. The summed E-state index contributed by atoms with van der Waals surface area (Å²) in [6, 6.07) is 12.6. The van der Waals surface area contributed by atoms with Crippen molar-refractivity contribution in [3.05, 3.63) is 71.6 Å². The Labute approximate surface area is 137 Å². The van der Waals surface area contributed by atoms with E-state index in [1.165, 1.54) is 12.1 Å². The lowest BCUT2D eigenvalue weighted by atomic mass is 10.2. The van der Waals surface area contributed by atoms with E-state index < -0.39 is 11.7 Å². The van der Waals surface area contributed by atoms with Crippen LogP contribution in [0.25, 0.3) is 0 Å². The maximum atomic E-state index is 13.7. The van der Waals surface area contributed by atoms with Crippen molar-refractivity contribution < 1.29 is 18.4 Å². The Bertz CT molecular complexity index is 864. The number of nitrogens with zero attached hydrogens (tertiary/aromatic N) is 2. The van der Waals surface area contributed by atoms with Gasteiger partial charge in [-0.05, 0) is 24.3 Å². The van der Waals surface area contributed by atoms with Gasteiger partial charge >= 0.3 is 0 Å². The van der Waals surface area contributed by atoms with Crippen LogP contribution in [0.2, 0.25) is 0 Å². The Morgan fingerprint density at radius 1 is 1.21 bits per heavy atom. The molecule has 0 saturated heterocycles. The predicted molar refractivity (Wildman–Crippen MR) is 84.2 cm³/mol. The SMILES string of the molecule is Cc1nc(COc2ccccc2C(=O)Nc2ccccc2F)no1. The van der Waals surface area contributed by atoms with Crippen molar-refractivity contribution in [3.63, 3.8) is 0 Å². The summed E-state index contributed by atoms with van der Waals surface area (Å²) in [6.45, 7) is 1.73. The molecule has 0 aliphatic heterocycles. The van der Waals surface area contributed by atoms with E-state index in [1.807, 2.05) is 0 Å². The van der Waals surface area contributed by atoms with Crippen LogP contribution < -0.4 is 10.1 Å². The summed E-state index contributed by atoms with van der Waals surface area (Å²) in [5.74, 6) is 0.163. The second-order valence-corrected chi connectivity index (χ2v) is 4.95. The van der Waals surface area contributed by atoms with Crippen LogP contribution in [0.4, 0.5) is 10.1 Å². The van der Waals surface area contributed by atoms with Gasteiger partial charge in [-0.15, -0.1) is 0 Å².